The Labute approximate surface area is 155 Å². The third-order valence-electron chi connectivity index (χ3n) is 4.06. The van der Waals surface area contributed by atoms with Crippen LogP contribution in [0.25, 0.3) is 0 Å². The van der Waals surface area contributed by atoms with Crippen molar-refractivity contribution in [1.82, 2.24) is 0 Å². The molecule has 0 bridgehead atoms. The summed E-state index contributed by atoms with van der Waals surface area (Å²) < 4.78 is 10.8. The molecule has 4 nitrogen and oxygen atoms in total. The molecule has 26 heavy (non-hydrogen) atoms. The van der Waals surface area contributed by atoms with E-state index in [1.165, 1.54) is 0 Å². The molecule has 0 N–H and O–H groups in total. The molecule has 138 valence electrons. The number of ether oxygens (including phenoxy) is 2. The fourth-order valence-corrected chi connectivity index (χ4v) is 2.83. The maximum Gasteiger partial charge on any atom is 0.314 e. The van der Waals surface area contributed by atoms with Crippen LogP contribution < -0.4 is 0 Å². The van der Waals surface area contributed by atoms with Crippen molar-refractivity contribution < 1.29 is 19.1 Å². The highest BCUT2D eigenvalue weighted by atomic mass is 16.5. The number of benzene rings is 2. The number of hydrogen-bond acceptors (Lipinski definition) is 4. The van der Waals surface area contributed by atoms with Gasteiger partial charge in [0.25, 0.3) is 0 Å². The van der Waals surface area contributed by atoms with Gasteiger partial charge in [0.05, 0.1) is 25.0 Å². The number of hydrogen-bond donors (Lipinski definition) is 0. The highest BCUT2D eigenvalue weighted by Crippen LogP contribution is 2.35. The van der Waals surface area contributed by atoms with Crippen molar-refractivity contribution in [3.63, 3.8) is 0 Å². The van der Waals surface area contributed by atoms with Gasteiger partial charge in [0.2, 0.25) is 0 Å². The second kappa shape index (κ2) is 10.4. The summed E-state index contributed by atoms with van der Waals surface area (Å²) in [6, 6.07) is 18.6. The van der Waals surface area contributed by atoms with E-state index in [1.54, 1.807) is 0 Å². The minimum atomic E-state index is -0.741. The van der Waals surface area contributed by atoms with E-state index in [9.17, 15) is 9.59 Å². The zero-order valence-electron chi connectivity index (χ0n) is 15.4. The lowest BCUT2D eigenvalue weighted by Gasteiger charge is -2.25. The Morgan fingerprint density at radius 2 is 1.04 bits per heavy atom. The summed E-state index contributed by atoms with van der Waals surface area (Å²) in [7, 11) is 0. The molecule has 0 aliphatic carbocycles. The molecular weight excluding hydrogens is 328 g/mol. The van der Waals surface area contributed by atoms with E-state index >= 15 is 0 Å². The Kier molecular flexibility index (Phi) is 7.87. The van der Waals surface area contributed by atoms with Crippen LogP contribution >= 0.6 is 0 Å². The SMILES string of the molecule is CCCOC(=O)C(c1ccccc1)C(C(=O)OCCC)c1ccccc1. The molecule has 2 aromatic carbocycles. The predicted molar refractivity (Wildman–Crippen MR) is 101 cm³/mol. The van der Waals surface area contributed by atoms with Crippen molar-refractivity contribution in [3.05, 3.63) is 71.8 Å². The van der Waals surface area contributed by atoms with Gasteiger partial charge < -0.3 is 9.47 Å². The van der Waals surface area contributed by atoms with Gasteiger partial charge >= 0.3 is 11.9 Å². The Morgan fingerprint density at radius 1 is 0.692 bits per heavy atom. The first kappa shape index (κ1) is 19.7. The molecule has 4 heteroatoms. The van der Waals surface area contributed by atoms with Crippen LogP contribution in [0.4, 0.5) is 0 Å². The summed E-state index contributed by atoms with van der Waals surface area (Å²) in [5, 5.41) is 0. The summed E-state index contributed by atoms with van der Waals surface area (Å²) in [6.07, 6.45) is 1.45. The number of carbonyl (C=O) groups excluding carboxylic acids is 2. The van der Waals surface area contributed by atoms with Crippen LogP contribution in [-0.2, 0) is 19.1 Å². The molecule has 0 heterocycles. The lowest BCUT2D eigenvalue weighted by Crippen LogP contribution is -2.30. The Balaban J connectivity index is 2.46. The van der Waals surface area contributed by atoms with Crippen LogP contribution in [0, 0.1) is 0 Å². The summed E-state index contributed by atoms with van der Waals surface area (Å²) in [6.45, 7) is 4.53. The van der Waals surface area contributed by atoms with Gasteiger partial charge in [-0.05, 0) is 24.0 Å². The van der Waals surface area contributed by atoms with E-state index in [2.05, 4.69) is 0 Å². The summed E-state index contributed by atoms with van der Waals surface area (Å²) in [4.78, 5) is 25.7. The van der Waals surface area contributed by atoms with Crippen molar-refractivity contribution in [2.24, 2.45) is 0 Å². The summed E-state index contributed by atoms with van der Waals surface area (Å²) >= 11 is 0. The molecular formula is C22H26O4. The first-order valence-corrected chi connectivity index (χ1v) is 9.12. The van der Waals surface area contributed by atoms with Gasteiger partial charge in [0.1, 0.15) is 0 Å². The van der Waals surface area contributed by atoms with Crippen molar-refractivity contribution in [2.75, 3.05) is 13.2 Å². The van der Waals surface area contributed by atoms with Gasteiger partial charge in [-0.2, -0.15) is 0 Å². The van der Waals surface area contributed by atoms with Crippen molar-refractivity contribution in [2.45, 2.75) is 38.5 Å². The second-order valence-electron chi connectivity index (χ2n) is 6.11. The minimum absolute atomic E-state index is 0.327. The van der Waals surface area contributed by atoms with E-state index in [-0.39, 0.29) is 0 Å². The molecule has 0 amide bonds. The van der Waals surface area contributed by atoms with Gasteiger partial charge in [0, 0.05) is 0 Å². The van der Waals surface area contributed by atoms with E-state index in [4.69, 9.17) is 9.47 Å². The third-order valence-corrected chi connectivity index (χ3v) is 4.06. The number of rotatable bonds is 9. The third kappa shape index (κ3) is 5.19. The van der Waals surface area contributed by atoms with Gasteiger partial charge in [-0.15, -0.1) is 0 Å². The molecule has 2 aromatic rings. The van der Waals surface area contributed by atoms with Crippen molar-refractivity contribution in [1.29, 1.82) is 0 Å². The lowest BCUT2D eigenvalue weighted by molar-refractivity contribution is -0.154. The lowest BCUT2D eigenvalue weighted by atomic mass is 9.81. The fourth-order valence-electron chi connectivity index (χ4n) is 2.83. The van der Waals surface area contributed by atoms with Crippen LogP contribution in [0.15, 0.2) is 60.7 Å². The van der Waals surface area contributed by atoms with E-state index in [1.807, 2.05) is 74.5 Å². The number of carbonyl (C=O) groups is 2. The maximum absolute atomic E-state index is 12.9. The highest BCUT2D eigenvalue weighted by molar-refractivity contribution is 5.90. The Morgan fingerprint density at radius 3 is 1.35 bits per heavy atom. The maximum atomic E-state index is 12.9. The average molecular weight is 354 g/mol. The molecule has 0 fully saturated rings. The quantitative estimate of drug-likeness (QED) is 0.624. The largest absolute Gasteiger partial charge is 0.465 e. The molecule has 0 saturated carbocycles. The van der Waals surface area contributed by atoms with Crippen LogP contribution in [0.3, 0.4) is 0 Å². The second-order valence-corrected chi connectivity index (χ2v) is 6.11. The molecule has 2 unspecified atom stereocenters. The standard InChI is InChI=1S/C22H26O4/c1-3-15-25-21(23)19(17-11-7-5-8-12-17)20(22(24)26-16-4-2)18-13-9-6-10-14-18/h5-14,19-20H,3-4,15-16H2,1-2H3. The topological polar surface area (TPSA) is 52.6 Å². The fraction of sp³-hybridized carbons (Fsp3) is 0.364. The van der Waals surface area contributed by atoms with E-state index in [0.717, 1.165) is 24.0 Å². The van der Waals surface area contributed by atoms with Crippen molar-refractivity contribution in [3.8, 4) is 0 Å². The zero-order chi connectivity index (χ0) is 18.8. The predicted octanol–water partition coefficient (Wildman–Crippen LogP) is 4.46. The van der Waals surface area contributed by atoms with Crippen LogP contribution in [0.5, 0.6) is 0 Å². The molecule has 2 rings (SSSR count). The summed E-state index contributed by atoms with van der Waals surface area (Å²) in [5.41, 5.74) is 1.49. The van der Waals surface area contributed by atoms with Crippen LogP contribution in [0.2, 0.25) is 0 Å². The monoisotopic (exact) mass is 354 g/mol. The first-order valence-electron chi connectivity index (χ1n) is 9.12. The van der Waals surface area contributed by atoms with Gasteiger partial charge in [-0.3, -0.25) is 9.59 Å². The molecule has 0 aliphatic rings. The Hall–Kier alpha value is -2.62. The van der Waals surface area contributed by atoms with Crippen LogP contribution in [-0.4, -0.2) is 25.2 Å². The average Bonchev–Trinajstić information content (AvgIpc) is 2.69. The van der Waals surface area contributed by atoms with Gasteiger partial charge in [-0.1, -0.05) is 74.5 Å². The van der Waals surface area contributed by atoms with E-state index in [0.29, 0.717) is 13.2 Å². The molecule has 0 aliphatic heterocycles. The minimum Gasteiger partial charge on any atom is -0.465 e. The normalized spacial score (nSPS) is 12.8. The van der Waals surface area contributed by atoms with Crippen LogP contribution in [0.1, 0.15) is 49.7 Å². The molecule has 0 saturated heterocycles. The molecule has 2 atom stereocenters. The van der Waals surface area contributed by atoms with Crippen molar-refractivity contribution >= 4 is 11.9 Å². The first-order chi connectivity index (χ1) is 12.7. The zero-order valence-corrected chi connectivity index (χ0v) is 15.4. The van der Waals surface area contributed by atoms with Gasteiger partial charge in [0.15, 0.2) is 0 Å². The number of esters is 2. The highest BCUT2D eigenvalue weighted by Gasteiger charge is 2.38. The molecule has 0 radical (unpaired) electrons. The molecule has 0 aromatic heterocycles. The van der Waals surface area contributed by atoms with Gasteiger partial charge in [-0.25, -0.2) is 0 Å². The summed E-state index contributed by atoms with van der Waals surface area (Å²) in [5.74, 6) is -2.29. The smallest absolute Gasteiger partial charge is 0.314 e. The van der Waals surface area contributed by atoms with E-state index < -0.39 is 23.8 Å². The Bertz CT molecular complexity index is 620. The molecule has 0 spiro atoms.